The second-order valence-electron chi connectivity index (χ2n) is 5.87. The molecule has 4 nitrogen and oxygen atoms in total. The zero-order valence-corrected chi connectivity index (χ0v) is 18.3. The van der Waals surface area contributed by atoms with Gasteiger partial charge in [-0.3, -0.25) is 4.99 Å². The average molecular weight is 473 g/mol. The number of nitrogens with zero attached hydrogens (tertiary/aromatic N) is 1. The van der Waals surface area contributed by atoms with E-state index in [1.54, 1.807) is 7.11 Å². The van der Waals surface area contributed by atoms with Gasteiger partial charge in [-0.2, -0.15) is 0 Å². The Hall–Kier alpha value is -1.28. The topological polar surface area (TPSA) is 45.7 Å². The highest BCUT2D eigenvalue weighted by Crippen LogP contribution is 2.14. The Kier molecular flexibility index (Phi) is 10.6. The van der Waals surface area contributed by atoms with Crippen LogP contribution in [0.4, 0.5) is 0 Å². The maximum absolute atomic E-state index is 5.18. The van der Waals surface area contributed by atoms with Crippen molar-refractivity contribution in [3.8, 4) is 5.75 Å². The number of hydrogen-bond acceptors (Lipinski definition) is 3. The van der Waals surface area contributed by atoms with Crippen LogP contribution in [0.15, 0.2) is 46.8 Å². The number of methoxy groups -OCH3 is 1. The molecule has 2 N–H and O–H groups in total. The second kappa shape index (κ2) is 12.1. The normalized spacial score (nSPS) is 12.2. The summed E-state index contributed by atoms with van der Waals surface area (Å²) in [5.74, 6) is 2.33. The first-order valence-electron chi connectivity index (χ1n) is 8.31. The smallest absolute Gasteiger partial charge is 0.190 e. The van der Waals surface area contributed by atoms with E-state index in [2.05, 4.69) is 52.2 Å². The maximum atomic E-state index is 5.18. The van der Waals surface area contributed by atoms with Gasteiger partial charge in [0.2, 0.25) is 0 Å². The largest absolute Gasteiger partial charge is 0.497 e. The number of rotatable bonds is 8. The zero-order valence-electron chi connectivity index (χ0n) is 15.1. The van der Waals surface area contributed by atoms with E-state index in [4.69, 9.17) is 4.74 Å². The number of guanidine groups is 1. The molecule has 25 heavy (non-hydrogen) atoms. The molecule has 0 aliphatic heterocycles. The summed E-state index contributed by atoms with van der Waals surface area (Å²) >= 11 is 1.82. The Morgan fingerprint density at radius 3 is 2.56 bits per heavy atom. The van der Waals surface area contributed by atoms with Crippen LogP contribution in [0.5, 0.6) is 5.75 Å². The van der Waals surface area contributed by atoms with E-state index in [0.717, 1.165) is 37.6 Å². The minimum Gasteiger partial charge on any atom is -0.497 e. The Morgan fingerprint density at radius 2 is 1.96 bits per heavy atom. The lowest BCUT2D eigenvalue weighted by Gasteiger charge is -2.15. The van der Waals surface area contributed by atoms with Crippen molar-refractivity contribution >= 4 is 41.3 Å². The average Bonchev–Trinajstić information content (AvgIpc) is 3.11. The number of nitrogens with one attached hydrogen (secondary N) is 2. The van der Waals surface area contributed by atoms with E-state index in [1.807, 2.05) is 30.5 Å². The summed E-state index contributed by atoms with van der Waals surface area (Å²) in [5, 5.41) is 8.91. The first-order valence-corrected chi connectivity index (χ1v) is 9.19. The molecule has 1 unspecified atom stereocenters. The highest BCUT2D eigenvalue weighted by Gasteiger charge is 2.06. The molecule has 0 fully saturated rings. The summed E-state index contributed by atoms with van der Waals surface area (Å²) < 4.78 is 5.18. The van der Waals surface area contributed by atoms with E-state index in [1.165, 1.54) is 10.4 Å². The first-order chi connectivity index (χ1) is 11.7. The van der Waals surface area contributed by atoms with Crippen molar-refractivity contribution in [3.63, 3.8) is 0 Å². The molecule has 2 aromatic rings. The third-order valence-corrected chi connectivity index (χ3v) is 4.74. The molecular weight excluding hydrogens is 445 g/mol. The summed E-state index contributed by atoms with van der Waals surface area (Å²) in [5.41, 5.74) is 1.28. The van der Waals surface area contributed by atoms with Crippen molar-refractivity contribution in [1.82, 2.24) is 10.6 Å². The Balaban J connectivity index is 0.00000312. The summed E-state index contributed by atoms with van der Waals surface area (Å²) in [6.45, 7) is 4.03. The second-order valence-corrected chi connectivity index (χ2v) is 6.90. The first kappa shape index (κ1) is 21.8. The number of thiophene rings is 1. The molecule has 2 rings (SSSR count). The summed E-state index contributed by atoms with van der Waals surface area (Å²) in [6, 6.07) is 12.5. The Morgan fingerprint density at radius 1 is 1.20 bits per heavy atom. The Labute approximate surface area is 172 Å². The Bertz CT molecular complexity index is 614. The zero-order chi connectivity index (χ0) is 17.2. The molecule has 0 amide bonds. The monoisotopic (exact) mass is 473 g/mol. The molecular formula is C19H28IN3OS. The quantitative estimate of drug-likeness (QED) is 0.347. The van der Waals surface area contributed by atoms with E-state index < -0.39 is 0 Å². The van der Waals surface area contributed by atoms with Gasteiger partial charge in [-0.25, -0.2) is 0 Å². The van der Waals surface area contributed by atoms with Crippen LogP contribution in [0, 0.1) is 5.92 Å². The fourth-order valence-corrected chi connectivity index (χ4v) is 3.32. The molecule has 138 valence electrons. The van der Waals surface area contributed by atoms with Crippen molar-refractivity contribution < 1.29 is 4.74 Å². The standard InChI is InChI=1S/C19H27N3OS.HI/c1-15(13-18-5-4-12-24-18)14-22-19(20-2)21-11-10-16-6-8-17(23-3)9-7-16;/h4-9,12,15H,10-11,13-14H2,1-3H3,(H2,20,21,22);1H. The molecule has 0 saturated carbocycles. The van der Waals surface area contributed by atoms with Gasteiger partial charge in [0.25, 0.3) is 0 Å². The van der Waals surface area contributed by atoms with Crippen LogP contribution < -0.4 is 15.4 Å². The molecule has 1 aromatic heterocycles. The van der Waals surface area contributed by atoms with Gasteiger partial charge in [0, 0.05) is 25.0 Å². The van der Waals surface area contributed by atoms with Crippen molar-refractivity contribution in [2.24, 2.45) is 10.9 Å². The summed E-state index contributed by atoms with van der Waals surface area (Å²) in [4.78, 5) is 5.73. The van der Waals surface area contributed by atoms with Crippen LogP contribution in [-0.2, 0) is 12.8 Å². The van der Waals surface area contributed by atoms with Gasteiger partial charge in [0.15, 0.2) is 5.96 Å². The predicted molar refractivity (Wildman–Crippen MR) is 119 cm³/mol. The molecule has 0 aliphatic rings. The number of aliphatic imine (C=N–C) groups is 1. The lowest BCUT2D eigenvalue weighted by atomic mass is 10.1. The van der Waals surface area contributed by atoms with Gasteiger partial charge in [-0.05, 0) is 47.9 Å². The fraction of sp³-hybridized carbons (Fsp3) is 0.421. The number of halogens is 1. The molecule has 0 aliphatic carbocycles. The highest BCUT2D eigenvalue weighted by molar-refractivity contribution is 14.0. The highest BCUT2D eigenvalue weighted by atomic mass is 127. The van der Waals surface area contributed by atoms with Gasteiger partial charge in [-0.1, -0.05) is 25.1 Å². The van der Waals surface area contributed by atoms with Gasteiger partial charge < -0.3 is 15.4 Å². The third kappa shape index (κ3) is 8.09. The van der Waals surface area contributed by atoms with Crippen LogP contribution >= 0.6 is 35.3 Å². The third-order valence-electron chi connectivity index (χ3n) is 3.84. The van der Waals surface area contributed by atoms with Crippen LogP contribution in [0.1, 0.15) is 17.4 Å². The van der Waals surface area contributed by atoms with E-state index in [9.17, 15) is 0 Å². The van der Waals surface area contributed by atoms with Crippen LogP contribution in [0.3, 0.4) is 0 Å². The van der Waals surface area contributed by atoms with Gasteiger partial charge in [0.05, 0.1) is 7.11 Å². The maximum Gasteiger partial charge on any atom is 0.190 e. The molecule has 1 aromatic carbocycles. The SMILES string of the molecule is CN=C(NCCc1ccc(OC)cc1)NCC(C)Cc1cccs1.I. The molecule has 0 saturated heterocycles. The molecule has 0 spiro atoms. The number of benzene rings is 1. The molecule has 0 radical (unpaired) electrons. The van der Waals surface area contributed by atoms with Crippen LogP contribution in [0.2, 0.25) is 0 Å². The summed E-state index contributed by atoms with van der Waals surface area (Å²) in [7, 11) is 3.50. The van der Waals surface area contributed by atoms with E-state index in [-0.39, 0.29) is 24.0 Å². The molecule has 1 heterocycles. The van der Waals surface area contributed by atoms with Gasteiger partial charge in [-0.15, -0.1) is 35.3 Å². The number of ether oxygens (including phenoxy) is 1. The van der Waals surface area contributed by atoms with E-state index >= 15 is 0 Å². The van der Waals surface area contributed by atoms with Crippen molar-refractivity contribution in [2.45, 2.75) is 19.8 Å². The van der Waals surface area contributed by atoms with Crippen LogP contribution in [0.25, 0.3) is 0 Å². The lowest BCUT2D eigenvalue weighted by molar-refractivity contribution is 0.414. The summed E-state index contributed by atoms with van der Waals surface area (Å²) in [6.07, 6.45) is 2.06. The minimum atomic E-state index is 0. The van der Waals surface area contributed by atoms with Crippen molar-refractivity contribution in [2.75, 3.05) is 27.2 Å². The van der Waals surface area contributed by atoms with Crippen molar-refractivity contribution in [3.05, 3.63) is 52.2 Å². The van der Waals surface area contributed by atoms with Crippen molar-refractivity contribution in [1.29, 1.82) is 0 Å². The van der Waals surface area contributed by atoms with Crippen LogP contribution in [-0.4, -0.2) is 33.2 Å². The van der Waals surface area contributed by atoms with Gasteiger partial charge in [0.1, 0.15) is 5.75 Å². The number of hydrogen-bond donors (Lipinski definition) is 2. The molecule has 1 atom stereocenters. The molecule has 6 heteroatoms. The van der Waals surface area contributed by atoms with Gasteiger partial charge >= 0.3 is 0 Å². The minimum absolute atomic E-state index is 0. The predicted octanol–water partition coefficient (Wildman–Crippen LogP) is 3.96. The molecule has 0 bridgehead atoms. The lowest BCUT2D eigenvalue weighted by Crippen LogP contribution is -2.40. The van der Waals surface area contributed by atoms with E-state index in [0.29, 0.717) is 5.92 Å². The fourth-order valence-electron chi connectivity index (χ4n) is 2.45.